The summed E-state index contributed by atoms with van der Waals surface area (Å²) in [6.07, 6.45) is 5.51. The van der Waals surface area contributed by atoms with Crippen molar-refractivity contribution in [1.82, 2.24) is 9.80 Å². The molecular weight excluding hydrogens is 280 g/mol. The fourth-order valence-electron chi connectivity index (χ4n) is 3.49. The molecule has 2 heterocycles. The van der Waals surface area contributed by atoms with Crippen LogP contribution in [0.3, 0.4) is 0 Å². The van der Waals surface area contributed by atoms with E-state index in [0.29, 0.717) is 32.7 Å². The van der Waals surface area contributed by atoms with Gasteiger partial charge in [-0.3, -0.25) is 9.59 Å². The summed E-state index contributed by atoms with van der Waals surface area (Å²) < 4.78 is 5.32. The molecule has 2 atom stereocenters. The standard InChI is InChI=1S/C17H30N2O3/c1-3-15(17(21)18-9-11-22-12-10-18)13-14(2)19-8-6-4-5-7-16(19)20/h14-15H,3-13H2,1-2H3. The van der Waals surface area contributed by atoms with Crippen LogP contribution in [0.5, 0.6) is 0 Å². The van der Waals surface area contributed by atoms with Crippen molar-refractivity contribution in [3.05, 3.63) is 0 Å². The summed E-state index contributed by atoms with van der Waals surface area (Å²) in [5.74, 6) is 0.516. The second-order valence-electron chi connectivity index (χ2n) is 6.53. The van der Waals surface area contributed by atoms with Crippen LogP contribution in [0.25, 0.3) is 0 Å². The van der Waals surface area contributed by atoms with Gasteiger partial charge in [-0.1, -0.05) is 13.3 Å². The average molecular weight is 310 g/mol. The Morgan fingerprint density at radius 3 is 2.59 bits per heavy atom. The normalized spacial score (nSPS) is 23.1. The van der Waals surface area contributed by atoms with Crippen molar-refractivity contribution in [2.24, 2.45) is 5.92 Å². The molecule has 126 valence electrons. The monoisotopic (exact) mass is 310 g/mol. The van der Waals surface area contributed by atoms with Crippen LogP contribution < -0.4 is 0 Å². The van der Waals surface area contributed by atoms with Crippen LogP contribution in [0.1, 0.15) is 52.4 Å². The number of morpholine rings is 1. The van der Waals surface area contributed by atoms with Gasteiger partial charge >= 0.3 is 0 Å². The van der Waals surface area contributed by atoms with Gasteiger partial charge in [0.2, 0.25) is 11.8 Å². The number of nitrogens with zero attached hydrogens (tertiary/aromatic N) is 2. The molecule has 2 saturated heterocycles. The summed E-state index contributed by atoms with van der Waals surface area (Å²) in [6.45, 7) is 7.70. The molecule has 2 aliphatic rings. The lowest BCUT2D eigenvalue weighted by molar-refractivity contribution is -0.142. The fourth-order valence-corrected chi connectivity index (χ4v) is 3.49. The molecule has 0 aliphatic carbocycles. The van der Waals surface area contributed by atoms with Crippen molar-refractivity contribution in [2.75, 3.05) is 32.8 Å². The summed E-state index contributed by atoms with van der Waals surface area (Å²) in [5.41, 5.74) is 0. The number of carbonyl (C=O) groups excluding carboxylic acids is 2. The third-order valence-corrected chi connectivity index (χ3v) is 4.93. The van der Waals surface area contributed by atoms with Gasteiger partial charge in [-0.05, 0) is 32.6 Å². The quantitative estimate of drug-likeness (QED) is 0.781. The lowest BCUT2D eigenvalue weighted by Gasteiger charge is -2.34. The van der Waals surface area contributed by atoms with Crippen LogP contribution in [0.2, 0.25) is 0 Å². The molecule has 2 fully saturated rings. The highest BCUT2D eigenvalue weighted by Crippen LogP contribution is 2.22. The maximum Gasteiger partial charge on any atom is 0.225 e. The van der Waals surface area contributed by atoms with E-state index in [1.54, 1.807) is 0 Å². The number of hydrogen-bond donors (Lipinski definition) is 0. The van der Waals surface area contributed by atoms with Gasteiger partial charge in [-0.2, -0.15) is 0 Å². The van der Waals surface area contributed by atoms with E-state index in [2.05, 4.69) is 13.8 Å². The highest BCUT2D eigenvalue weighted by atomic mass is 16.5. The van der Waals surface area contributed by atoms with E-state index in [9.17, 15) is 9.59 Å². The molecule has 5 nitrogen and oxygen atoms in total. The predicted octanol–water partition coefficient (Wildman–Crippen LogP) is 2.05. The van der Waals surface area contributed by atoms with E-state index in [1.807, 2.05) is 9.80 Å². The van der Waals surface area contributed by atoms with Crippen molar-refractivity contribution >= 4 is 11.8 Å². The Labute approximate surface area is 134 Å². The number of rotatable bonds is 5. The fraction of sp³-hybridized carbons (Fsp3) is 0.882. The number of likely N-dealkylation sites (tertiary alicyclic amines) is 1. The van der Waals surface area contributed by atoms with Gasteiger partial charge in [0.25, 0.3) is 0 Å². The number of hydrogen-bond acceptors (Lipinski definition) is 3. The molecule has 0 bridgehead atoms. The topological polar surface area (TPSA) is 49.9 Å². The molecule has 22 heavy (non-hydrogen) atoms. The summed E-state index contributed by atoms with van der Waals surface area (Å²) in [5, 5.41) is 0. The van der Waals surface area contributed by atoms with Gasteiger partial charge in [-0.25, -0.2) is 0 Å². The molecule has 0 aromatic heterocycles. The third-order valence-electron chi connectivity index (χ3n) is 4.93. The van der Waals surface area contributed by atoms with E-state index >= 15 is 0 Å². The number of amides is 2. The molecule has 0 saturated carbocycles. The lowest BCUT2D eigenvalue weighted by Crippen LogP contribution is -2.46. The van der Waals surface area contributed by atoms with Crippen LogP contribution in [0, 0.1) is 5.92 Å². The van der Waals surface area contributed by atoms with E-state index in [1.165, 1.54) is 0 Å². The Hall–Kier alpha value is -1.10. The zero-order chi connectivity index (χ0) is 15.9. The molecule has 2 rings (SSSR count). The Bertz CT molecular complexity index is 380. The minimum atomic E-state index is 0.0177. The van der Waals surface area contributed by atoms with Crippen LogP contribution in [-0.2, 0) is 14.3 Å². The summed E-state index contributed by atoms with van der Waals surface area (Å²) >= 11 is 0. The zero-order valence-corrected chi connectivity index (χ0v) is 14.1. The second kappa shape index (κ2) is 8.51. The van der Waals surface area contributed by atoms with Gasteiger partial charge in [0.05, 0.1) is 13.2 Å². The van der Waals surface area contributed by atoms with Crippen molar-refractivity contribution < 1.29 is 14.3 Å². The minimum absolute atomic E-state index is 0.0177. The van der Waals surface area contributed by atoms with Crippen molar-refractivity contribution in [1.29, 1.82) is 0 Å². The molecule has 2 unspecified atom stereocenters. The molecule has 5 heteroatoms. The van der Waals surface area contributed by atoms with Crippen LogP contribution in [0.4, 0.5) is 0 Å². The lowest BCUT2D eigenvalue weighted by atomic mass is 9.95. The minimum Gasteiger partial charge on any atom is -0.378 e. The van der Waals surface area contributed by atoms with Gasteiger partial charge < -0.3 is 14.5 Å². The SMILES string of the molecule is CCC(CC(C)N1CCCCCC1=O)C(=O)N1CCOCC1. The maximum atomic E-state index is 12.7. The van der Waals surface area contributed by atoms with Gasteiger partial charge in [0.1, 0.15) is 0 Å². The van der Waals surface area contributed by atoms with Crippen LogP contribution in [0.15, 0.2) is 0 Å². The number of carbonyl (C=O) groups is 2. The largest absolute Gasteiger partial charge is 0.378 e. The van der Waals surface area contributed by atoms with Gasteiger partial charge in [0, 0.05) is 38.0 Å². The van der Waals surface area contributed by atoms with E-state index in [0.717, 1.165) is 38.6 Å². The van der Waals surface area contributed by atoms with Gasteiger partial charge in [0.15, 0.2) is 0 Å². The molecule has 0 N–H and O–H groups in total. The average Bonchev–Trinajstić information content (AvgIpc) is 2.77. The summed E-state index contributed by atoms with van der Waals surface area (Å²) in [4.78, 5) is 28.8. The predicted molar refractivity (Wildman–Crippen MR) is 85.4 cm³/mol. The Kier molecular flexibility index (Phi) is 6.68. The molecule has 2 amide bonds. The second-order valence-corrected chi connectivity index (χ2v) is 6.53. The first-order valence-electron chi connectivity index (χ1n) is 8.79. The molecule has 2 aliphatic heterocycles. The third kappa shape index (κ3) is 4.45. The smallest absolute Gasteiger partial charge is 0.225 e. The van der Waals surface area contributed by atoms with E-state index in [-0.39, 0.29) is 23.8 Å². The van der Waals surface area contributed by atoms with Gasteiger partial charge in [-0.15, -0.1) is 0 Å². The highest BCUT2D eigenvalue weighted by molar-refractivity contribution is 5.79. The zero-order valence-electron chi connectivity index (χ0n) is 14.1. The van der Waals surface area contributed by atoms with Crippen LogP contribution >= 0.6 is 0 Å². The molecule has 0 aromatic carbocycles. The summed E-state index contributed by atoms with van der Waals surface area (Å²) in [6, 6.07) is 0.153. The van der Waals surface area contributed by atoms with Crippen molar-refractivity contribution in [2.45, 2.75) is 58.4 Å². The number of ether oxygens (including phenoxy) is 1. The molecule has 0 aromatic rings. The Morgan fingerprint density at radius 1 is 1.18 bits per heavy atom. The van der Waals surface area contributed by atoms with Crippen LogP contribution in [-0.4, -0.2) is 60.5 Å². The molecule has 0 spiro atoms. The first-order valence-corrected chi connectivity index (χ1v) is 8.79. The molecular formula is C17H30N2O3. The molecule has 0 radical (unpaired) electrons. The maximum absolute atomic E-state index is 12.7. The first-order chi connectivity index (χ1) is 10.6. The van der Waals surface area contributed by atoms with Crippen molar-refractivity contribution in [3.8, 4) is 0 Å². The van der Waals surface area contributed by atoms with E-state index < -0.39 is 0 Å². The van der Waals surface area contributed by atoms with E-state index in [4.69, 9.17) is 4.74 Å². The summed E-state index contributed by atoms with van der Waals surface area (Å²) in [7, 11) is 0. The Balaban J connectivity index is 1.92. The Morgan fingerprint density at radius 2 is 1.91 bits per heavy atom. The first kappa shape index (κ1) is 17.3. The van der Waals surface area contributed by atoms with Crippen molar-refractivity contribution in [3.63, 3.8) is 0 Å². The highest BCUT2D eigenvalue weighted by Gasteiger charge is 2.29.